The molecule has 1 unspecified atom stereocenters. The molecule has 1 aliphatic rings. The van der Waals surface area contributed by atoms with E-state index in [1.165, 1.54) is 31.0 Å². The van der Waals surface area contributed by atoms with Crippen molar-refractivity contribution in [2.75, 3.05) is 40.1 Å². The summed E-state index contributed by atoms with van der Waals surface area (Å²) < 4.78 is 25.3. The Morgan fingerprint density at radius 3 is 2.68 bits per heavy atom. The standard InChI is InChI=1S/C18H30N3O4S.C2H6/c1-4-6-7-8-12-24-17-16(19-26-20-17)15-10-9-11-21(3,13-15)14-25-18(22)23-5-2;1-2/h10H,4-9,11-14H2,1-3H3;1-2H3/q+1;. The zero-order valence-electron chi connectivity index (χ0n) is 18.0. The number of aromatic nitrogens is 2. The highest BCUT2D eigenvalue weighted by molar-refractivity contribution is 6.99. The Morgan fingerprint density at radius 2 is 1.96 bits per heavy atom. The molecule has 1 aromatic rings. The number of ether oxygens (including phenoxy) is 3. The van der Waals surface area contributed by atoms with Crippen LogP contribution in [0.4, 0.5) is 4.79 Å². The molecule has 1 aliphatic heterocycles. The Morgan fingerprint density at radius 1 is 1.18 bits per heavy atom. The highest BCUT2D eigenvalue weighted by Gasteiger charge is 2.31. The first-order valence-corrected chi connectivity index (χ1v) is 11.1. The van der Waals surface area contributed by atoms with Crippen LogP contribution in [0.5, 0.6) is 5.88 Å². The average Bonchev–Trinajstić information content (AvgIpc) is 3.17. The molecule has 2 rings (SSSR count). The Bertz CT molecular complexity index is 606. The molecule has 0 aromatic carbocycles. The van der Waals surface area contributed by atoms with Crippen LogP contribution in [0.1, 0.15) is 65.5 Å². The van der Waals surface area contributed by atoms with Gasteiger partial charge in [-0.15, -0.1) is 4.37 Å². The summed E-state index contributed by atoms with van der Waals surface area (Å²) in [7, 11) is 2.07. The van der Waals surface area contributed by atoms with E-state index in [1.54, 1.807) is 6.92 Å². The van der Waals surface area contributed by atoms with Crippen molar-refractivity contribution in [3.8, 4) is 5.88 Å². The molecule has 2 heterocycles. The van der Waals surface area contributed by atoms with E-state index in [4.69, 9.17) is 14.2 Å². The number of carbonyl (C=O) groups excluding carboxylic acids is 1. The summed E-state index contributed by atoms with van der Waals surface area (Å²) in [5, 5.41) is 0. The van der Waals surface area contributed by atoms with E-state index >= 15 is 0 Å². The van der Waals surface area contributed by atoms with Gasteiger partial charge >= 0.3 is 6.16 Å². The van der Waals surface area contributed by atoms with Crippen LogP contribution in [-0.2, 0) is 9.47 Å². The fourth-order valence-electron chi connectivity index (χ4n) is 2.92. The van der Waals surface area contributed by atoms with Crippen molar-refractivity contribution in [2.24, 2.45) is 0 Å². The number of nitrogens with zero attached hydrogens (tertiary/aromatic N) is 3. The summed E-state index contributed by atoms with van der Waals surface area (Å²) in [5.41, 5.74) is 1.93. The molecule has 0 spiro atoms. The Hall–Kier alpha value is -1.67. The van der Waals surface area contributed by atoms with Gasteiger partial charge in [0.1, 0.15) is 12.2 Å². The monoisotopic (exact) mass is 414 g/mol. The second kappa shape index (κ2) is 13.5. The van der Waals surface area contributed by atoms with Gasteiger partial charge in [0.15, 0.2) is 0 Å². The van der Waals surface area contributed by atoms with Crippen molar-refractivity contribution < 1.29 is 23.5 Å². The molecule has 1 atom stereocenters. The Balaban J connectivity index is 0.00000190. The van der Waals surface area contributed by atoms with Crippen LogP contribution in [0.3, 0.4) is 0 Å². The van der Waals surface area contributed by atoms with Gasteiger partial charge in [0.2, 0.25) is 6.73 Å². The van der Waals surface area contributed by atoms with Crippen LogP contribution in [0.25, 0.3) is 5.57 Å². The zero-order valence-corrected chi connectivity index (χ0v) is 18.8. The third-order valence-corrected chi connectivity index (χ3v) is 4.88. The molecular formula is C20H36N3O4S+. The third-order valence-electron chi connectivity index (χ3n) is 4.37. The highest BCUT2D eigenvalue weighted by atomic mass is 32.1. The number of hydrogen-bond acceptors (Lipinski definition) is 7. The minimum Gasteiger partial charge on any atom is -0.475 e. The predicted octanol–water partition coefficient (Wildman–Crippen LogP) is 4.89. The van der Waals surface area contributed by atoms with Crippen LogP contribution in [0, 0.1) is 0 Å². The molecule has 0 aliphatic carbocycles. The van der Waals surface area contributed by atoms with Crippen LogP contribution < -0.4 is 4.74 Å². The molecule has 0 bridgehead atoms. The first-order valence-electron chi connectivity index (χ1n) is 10.4. The van der Waals surface area contributed by atoms with E-state index in [0.717, 1.165) is 37.2 Å². The Labute approximate surface area is 173 Å². The number of unbranched alkanes of at least 4 members (excludes halogenated alkanes) is 3. The number of likely N-dealkylation sites (N-methyl/N-ethyl adjacent to an activating group) is 1. The lowest BCUT2D eigenvalue weighted by molar-refractivity contribution is -0.919. The topological polar surface area (TPSA) is 70.5 Å². The minimum absolute atomic E-state index is 0.279. The Kier molecular flexibility index (Phi) is 11.7. The van der Waals surface area contributed by atoms with Crippen molar-refractivity contribution in [2.45, 2.75) is 59.8 Å². The molecule has 0 saturated carbocycles. The van der Waals surface area contributed by atoms with Gasteiger partial charge in [0.25, 0.3) is 5.88 Å². The number of carbonyl (C=O) groups is 1. The van der Waals surface area contributed by atoms with Crippen molar-refractivity contribution >= 4 is 23.5 Å². The van der Waals surface area contributed by atoms with Gasteiger partial charge in [-0.2, -0.15) is 4.37 Å². The summed E-state index contributed by atoms with van der Waals surface area (Å²) in [6.07, 6.45) is 7.11. The van der Waals surface area contributed by atoms with E-state index in [1.807, 2.05) is 13.8 Å². The summed E-state index contributed by atoms with van der Waals surface area (Å²) in [6.45, 7) is 10.8. The molecule has 160 valence electrons. The molecule has 28 heavy (non-hydrogen) atoms. The van der Waals surface area contributed by atoms with Crippen LogP contribution in [0.2, 0.25) is 0 Å². The number of rotatable bonds is 10. The van der Waals surface area contributed by atoms with E-state index in [9.17, 15) is 4.79 Å². The van der Waals surface area contributed by atoms with Crippen LogP contribution >= 0.6 is 11.7 Å². The molecule has 1 aromatic heterocycles. The molecule has 7 nitrogen and oxygen atoms in total. The molecule has 0 radical (unpaired) electrons. The summed E-state index contributed by atoms with van der Waals surface area (Å²) in [5.74, 6) is 0.623. The SMILES string of the molecule is CC.CCCCCCOc1nsnc1C1=CCC[N+](C)(COC(=O)OCC)C1. The summed E-state index contributed by atoms with van der Waals surface area (Å²) in [4.78, 5) is 11.5. The number of quaternary nitrogens is 1. The first-order chi connectivity index (χ1) is 13.6. The lowest BCUT2D eigenvalue weighted by Gasteiger charge is -2.36. The molecule has 0 saturated heterocycles. The van der Waals surface area contributed by atoms with Crippen LogP contribution in [0.15, 0.2) is 6.08 Å². The van der Waals surface area contributed by atoms with Gasteiger partial charge in [-0.3, -0.25) is 4.48 Å². The van der Waals surface area contributed by atoms with Gasteiger partial charge in [-0.05, 0) is 13.3 Å². The minimum atomic E-state index is -0.616. The summed E-state index contributed by atoms with van der Waals surface area (Å²) >= 11 is 1.18. The fourth-order valence-corrected chi connectivity index (χ4v) is 3.46. The maximum absolute atomic E-state index is 11.5. The van der Waals surface area contributed by atoms with E-state index in [0.29, 0.717) is 23.6 Å². The lowest BCUT2D eigenvalue weighted by atomic mass is 10.1. The maximum atomic E-state index is 11.5. The normalized spacial score (nSPS) is 18.5. The zero-order chi connectivity index (χ0) is 20.8. The van der Waals surface area contributed by atoms with Gasteiger partial charge in [0, 0.05) is 12.0 Å². The van der Waals surface area contributed by atoms with Gasteiger partial charge < -0.3 is 14.2 Å². The first kappa shape index (κ1) is 24.4. The van der Waals surface area contributed by atoms with E-state index < -0.39 is 6.16 Å². The molecule has 0 amide bonds. The van der Waals surface area contributed by atoms with Crippen molar-refractivity contribution in [3.05, 3.63) is 11.8 Å². The van der Waals surface area contributed by atoms with Crippen molar-refractivity contribution in [1.82, 2.24) is 8.75 Å². The second-order valence-electron chi connectivity index (χ2n) is 6.80. The smallest absolute Gasteiger partial charge is 0.475 e. The molecule has 8 heteroatoms. The third kappa shape index (κ3) is 8.14. The number of hydrogen-bond donors (Lipinski definition) is 0. The van der Waals surface area contributed by atoms with Gasteiger partial charge in [-0.25, -0.2) is 4.79 Å². The quantitative estimate of drug-likeness (QED) is 0.308. The van der Waals surface area contributed by atoms with E-state index in [-0.39, 0.29) is 6.73 Å². The lowest BCUT2D eigenvalue weighted by Crippen LogP contribution is -2.49. The highest BCUT2D eigenvalue weighted by Crippen LogP contribution is 2.30. The van der Waals surface area contributed by atoms with E-state index in [2.05, 4.69) is 28.8 Å². The van der Waals surface area contributed by atoms with Crippen LogP contribution in [-0.4, -0.2) is 59.5 Å². The molecule has 0 N–H and O–H groups in total. The molecule has 0 fully saturated rings. The maximum Gasteiger partial charge on any atom is 0.512 e. The average molecular weight is 415 g/mol. The molecular weight excluding hydrogens is 378 g/mol. The second-order valence-corrected chi connectivity index (χ2v) is 7.33. The largest absolute Gasteiger partial charge is 0.512 e. The van der Waals surface area contributed by atoms with Gasteiger partial charge in [0.05, 0.1) is 38.5 Å². The predicted molar refractivity (Wildman–Crippen MR) is 112 cm³/mol. The summed E-state index contributed by atoms with van der Waals surface area (Å²) in [6, 6.07) is 0. The fraction of sp³-hybridized carbons (Fsp3) is 0.750. The van der Waals surface area contributed by atoms with Gasteiger partial charge in [-0.1, -0.05) is 46.1 Å². The van der Waals surface area contributed by atoms with Crippen molar-refractivity contribution in [3.63, 3.8) is 0 Å². The van der Waals surface area contributed by atoms with Crippen molar-refractivity contribution in [1.29, 1.82) is 0 Å².